The number of carbonyl (C=O) groups excluding carboxylic acids is 2. The molecular weight excluding hydrogens is 602 g/mol. The highest BCUT2D eigenvalue weighted by Crippen LogP contribution is 2.46. The maximum atomic E-state index is 11.9. The van der Waals surface area contributed by atoms with Crippen molar-refractivity contribution < 1.29 is 14.3 Å². The summed E-state index contributed by atoms with van der Waals surface area (Å²) in [4.78, 5) is 21.4. The van der Waals surface area contributed by atoms with Crippen LogP contribution in [0.2, 0.25) is 0 Å². The van der Waals surface area contributed by atoms with E-state index in [1.165, 1.54) is 36.3 Å². The Morgan fingerprint density at radius 1 is 0.796 bits per heavy atom. The summed E-state index contributed by atoms with van der Waals surface area (Å²) >= 11 is 0. The molecule has 0 spiro atoms. The molecule has 0 saturated heterocycles. The lowest BCUT2D eigenvalue weighted by atomic mass is 9.96. The van der Waals surface area contributed by atoms with Gasteiger partial charge in [-0.15, -0.1) is 0 Å². The summed E-state index contributed by atoms with van der Waals surface area (Å²) in [5.74, 6) is 0.208. The maximum Gasteiger partial charge on any atom is 0.302 e. The Labute approximate surface area is 301 Å². The molecule has 0 unspecified atom stereocenters. The Morgan fingerprint density at radius 3 is 1.73 bits per heavy atom. The Bertz CT molecular complexity index is 1380. The number of allylic oxidation sites excluding steroid dienone is 3. The van der Waals surface area contributed by atoms with Gasteiger partial charge in [0.1, 0.15) is 5.78 Å². The van der Waals surface area contributed by atoms with E-state index in [-0.39, 0.29) is 18.8 Å². The highest BCUT2D eigenvalue weighted by atomic mass is 16.5. The quantitative estimate of drug-likeness (QED) is 0.132. The van der Waals surface area contributed by atoms with Gasteiger partial charge in [0.15, 0.2) is 0 Å². The molecule has 0 aromatic heterocycles. The van der Waals surface area contributed by atoms with Crippen LogP contribution in [0.15, 0.2) is 91.5 Å². The first-order valence-corrected chi connectivity index (χ1v) is 17.8. The molecule has 1 fully saturated rings. The largest absolute Gasteiger partial charge is 0.469 e. The van der Waals surface area contributed by atoms with E-state index in [0.29, 0.717) is 17.9 Å². The third-order valence-electron chi connectivity index (χ3n) is 7.52. The van der Waals surface area contributed by atoms with Crippen LogP contribution in [0.3, 0.4) is 0 Å². The fourth-order valence-corrected chi connectivity index (χ4v) is 4.13. The molecular formula is C45H69NO3. The number of ketones is 1. The highest BCUT2D eigenvalue weighted by molar-refractivity contribution is 6.07. The standard InChI is InChI=1S/C20H21N.C15H20O.C3H6O2.3C2H6.CH4/c1-4-17-6-5-7-19(14-17)20(21)13-10-16(3)18-11-8-15(2)9-12-18;1-3-12-5-4-6-13(11-12)7-8-14(16)15(2)9-10-15;1-3(4)5-2;3*1-2;/h5-14,21H,3-4H2,1-2H3;4-6,11H,3,7-10H2,1-2H3;1-2H3;3*1-2H3;1H4/b13-10-,21-20?;;;;;;. The molecule has 0 radical (unpaired) electrons. The number of hydrogen-bond acceptors (Lipinski definition) is 4. The Morgan fingerprint density at radius 2 is 1.27 bits per heavy atom. The summed E-state index contributed by atoms with van der Waals surface area (Å²) in [5.41, 5.74) is 8.67. The minimum absolute atomic E-state index is 0. The van der Waals surface area contributed by atoms with Gasteiger partial charge in [-0.3, -0.25) is 9.59 Å². The van der Waals surface area contributed by atoms with Crippen molar-refractivity contribution in [1.82, 2.24) is 0 Å². The molecule has 49 heavy (non-hydrogen) atoms. The SMILES string of the molecule is C.C=C(/C=C\C(=N)c1cccc(CC)c1)c1ccc(C)cc1.CC.CC.CC.CCc1cccc(CCC(=O)C2(C)CC2)c1.COC(C)=O. The molecule has 1 aliphatic rings. The summed E-state index contributed by atoms with van der Waals surface area (Å²) in [5, 5.41) is 8.16. The van der Waals surface area contributed by atoms with Crippen LogP contribution in [-0.2, 0) is 33.6 Å². The molecule has 4 rings (SSSR count). The minimum atomic E-state index is -0.245. The predicted molar refractivity (Wildman–Crippen MR) is 217 cm³/mol. The molecule has 1 N–H and O–H groups in total. The fourth-order valence-electron chi connectivity index (χ4n) is 4.13. The first-order chi connectivity index (χ1) is 23.0. The van der Waals surface area contributed by atoms with E-state index in [2.05, 4.69) is 99.7 Å². The van der Waals surface area contributed by atoms with E-state index in [9.17, 15) is 9.59 Å². The Kier molecular flexibility index (Phi) is 29.1. The van der Waals surface area contributed by atoms with E-state index in [4.69, 9.17) is 5.41 Å². The van der Waals surface area contributed by atoms with Gasteiger partial charge in [-0.25, -0.2) is 0 Å². The molecule has 0 aliphatic heterocycles. The Hall–Kier alpha value is -4.05. The second kappa shape index (κ2) is 28.9. The van der Waals surface area contributed by atoms with Gasteiger partial charge in [0.05, 0.1) is 12.8 Å². The van der Waals surface area contributed by atoms with Crippen LogP contribution in [0.25, 0.3) is 5.57 Å². The molecule has 1 saturated carbocycles. The number of hydrogen-bond donors (Lipinski definition) is 1. The minimum Gasteiger partial charge on any atom is -0.469 e. The third kappa shape index (κ3) is 20.8. The van der Waals surface area contributed by atoms with E-state index in [0.717, 1.165) is 48.8 Å². The van der Waals surface area contributed by atoms with E-state index in [1.807, 2.05) is 65.8 Å². The molecule has 0 bridgehead atoms. The zero-order valence-corrected chi connectivity index (χ0v) is 32.3. The number of aryl methyl sites for hydroxylation is 4. The van der Waals surface area contributed by atoms with Gasteiger partial charge in [-0.2, -0.15) is 0 Å². The van der Waals surface area contributed by atoms with Gasteiger partial charge in [-0.1, -0.05) is 155 Å². The Balaban J connectivity index is -0.000000670. The van der Waals surface area contributed by atoms with Gasteiger partial charge in [0.25, 0.3) is 0 Å². The number of rotatable bonds is 10. The van der Waals surface area contributed by atoms with Crippen LogP contribution in [0, 0.1) is 17.7 Å². The van der Waals surface area contributed by atoms with Crippen LogP contribution in [0.5, 0.6) is 0 Å². The van der Waals surface area contributed by atoms with E-state index >= 15 is 0 Å². The summed E-state index contributed by atoms with van der Waals surface area (Å²) in [6.45, 7) is 25.9. The van der Waals surface area contributed by atoms with E-state index < -0.39 is 0 Å². The molecule has 0 heterocycles. The van der Waals surface area contributed by atoms with Crippen LogP contribution < -0.4 is 0 Å². The molecule has 0 amide bonds. The van der Waals surface area contributed by atoms with Crippen molar-refractivity contribution in [3.05, 3.63) is 125 Å². The summed E-state index contributed by atoms with van der Waals surface area (Å²) in [6.07, 6.45) is 9.59. The van der Waals surface area contributed by atoms with E-state index in [1.54, 1.807) is 0 Å². The second-order valence-corrected chi connectivity index (χ2v) is 11.0. The second-order valence-electron chi connectivity index (χ2n) is 11.0. The first-order valence-electron chi connectivity index (χ1n) is 17.8. The lowest BCUT2D eigenvalue weighted by Gasteiger charge is -2.07. The van der Waals surface area contributed by atoms with Crippen molar-refractivity contribution in [1.29, 1.82) is 5.41 Å². The molecule has 0 atom stereocenters. The van der Waals surface area contributed by atoms with Crippen LogP contribution in [0.4, 0.5) is 0 Å². The number of methoxy groups -OCH3 is 1. The summed E-state index contributed by atoms with van der Waals surface area (Å²) in [6, 6.07) is 25.0. The fraction of sp³-hybridized carbons (Fsp3) is 0.444. The van der Waals surface area contributed by atoms with Crippen LogP contribution in [0.1, 0.15) is 129 Å². The zero-order chi connectivity index (χ0) is 37.1. The van der Waals surface area contributed by atoms with Crippen molar-refractivity contribution in [2.24, 2.45) is 5.41 Å². The van der Waals surface area contributed by atoms with Crippen molar-refractivity contribution in [3.63, 3.8) is 0 Å². The number of nitrogens with one attached hydrogen (secondary N) is 1. The molecule has 3 aromatic carbocycles. The number of benzene rings is 3. The van der Waals surface area contributed by atoms with Gasteiger partial charge in [0.2, 0.25) is 0 Å². The lowest BCUT2D eigenvalue weighted by molar-refractivity contribution is -0.138. The number of esters is 1. The van der Waals surface area contributed by atoms with Crippen LogP contribution >= 0.6 is 0 Å². The number of carbonyl (C=O) groups is 2. The first kappa shape index (κ1) is 49.3. The monoisotopic (exact) mass is 672 g/mol. The molecule has 3 aromatic rings. The highest BCUT2D eigenvalue weighted by Gasteiger charge is 2.43. The number of Topliss-reactive ketones (excluding diaryl/α,β-unsaturated/α-hetero) is 1. The van der Waals surface area contributed by atoms with Gasteiger partial charge in [0, 0.05) is 18.8 Å². The normalized spacial score (nSPS) is 11.3. The van der Waals surface area contributed by atoms with Gasteiger partial charge in [-0.05, 0) is 84.6 Å². The summed E-state index contributed by atoms with van der Waals surface area (Å²) < 4.78 is 4.11. The summed E-state index contributed by atoms with van der Waals surface area (Å²) in [7, 11) is 1.35. The molecule has 1 aliphatic carbocycles. The molecule has 4 heteroatoms. The zero-order valence-electron chi connectivity index (χ0n) is 32.3. The van der Waals surface area contributed by atoms with Gasteiger partial charge >= 0.3 is 5.97 Å². The molecule has 272 valence electrons. The lowest BCUT2D eigenvalue weighted by Crippen LogP contribution is -2.12. The topological polar surface area (TPSA) is 67.2 Å². The van der Waals surface area contributed by atoms with Crippen LogP contribution in [-0.4, -0.2) is 24.6 Å². The van der Waals surface area contributed by atoms with Crippen molar-refractivity contribution in [2.45, 2.75) is 122 Å². The molecule has 4 nitrogen and oxygen atoms in total. The average molecular weight is 672 g/mol. The maximum absolute atomic E-state index is 11.9. The third-order valence-corrected chi connectivity index (χ3v) is 7.52. The van der Waals surface area contributed by atoms with Crippen molar-refractivity contribution >= 4 is 23.0 Å². The van der Waals surface area contributed by atoms with Crippen molar-refractivity contribution in [2.75, 3.05) is 7.11 Å². The smallest absolute Gasteiger partial charge is 0.302 e. The van der Waals surface area contributed by atoms with Gasteiger partial charge < -0.3 is 10.1 Å². The number of ether oxygens (including phenoxy) is 1. The predicted octanol–water partition coefficient (Wildman–Crippen LogP) is 12.6. The average Bonchev–Trinajstić information content (AvgIpc) is 3.91. The van der Waals surface area contributed by atoms with Crippen molar-refractivity contribution in [3.8, 4) is 0 Å².